The fourth-order valence-electron chi connectivity index (χ4n) is 1.47. The summed E-state index contributed by atoms with van der Waals surface area (Å²) in [7, 11) is 0. The minimum atomic E-state index is -0.315. The number of hydrogen-bond donors (Lipinski definition) is 1. The molecule has 1 saturated heterocycles. The van der Waals surface area contributed by atoms with Crippen LogP contribution in [0.4, 0.5) is 4.79 Å². The molecule has 0 spiro atoms. The molecule has 0 saturated carbocycles. The minimum absolute atomic E-state index is 0.0307. The van der Waals surface area contributed by atoms with Crippen molar-refractivity contribution in [3.05, 3.63) is 34.3 Å². The summed E-state index contributed by atoms with van der Waals surface area (Å²) >= 11 is 3.40. The van der Waals surface area contributed by atoms with E-state index in [2.05, 4.69) is 21.2 Å². The molecular formula is C10H10BrNO2. The van der Waals surface area contributed by atoms with Gasteiger partial charge >= 0.3 is 6.09 Å². The predicted octanol–water partition coefficient (Wildman–Crippen LogP) is 2.10. The first-order valence-corrected chi connectivity index (χ1v) is 5.22. The molecule has 1 aliphatic rings. The number of nitrogens with one attached hydrogen (secondary N) is 1. The molecule has 1 N–H and O–H groups in total. The average Bonchev–Trinajstić information content (AvgIpc) is 2.51. The van der Waals surface area contributed by atoms with Crippen LogP contribution >= 0.6 is 15.9 Å². The Kier molecular flexibility index (Phi) is 2.72. The quantitative estimate of drug-likeness (QED) is 0.879. The van der Waals surface area contributed by atoms with Crippen LogP contribution in [0, 0.1) is 0 Å². The van der Waals surface area contributed by atoms with Crippen molar-refractivity contribution < 1.29 is 9.53 Å². The van der Waals surface area contributed by atoms with E-state index in [4.69, 9.17) is 4.74 Å². The molecule has 1 unspecified atom stereocenters. The van der Waals surface area contributed by atoms with Gasteiger partial charge in [-0.15, -0.1) is 0 Å². The normalized spacial score (nSPS) is 20.4. The molecule has 1 aromatic rings. The van der Waals surface area contributed by atoms with Crippen LogP contribution in [0.15, 0.2) is 28.7 Å². The topological polar surface area (TPSA) is 38.3 Å². The van der Waals surface area contributed by atoms with E-state index in [-0.39, 0.29) is 12.2 Å². The van der Waals surface area contributed by atoms with E-state index in [1.165, 1.54) is 5.56 Å². The second kappa shape index (κ2) is 4.00. The van der Waals surface area contributed by atoms with Crippen LogP contribution < -0.4 is 5.32 Å². The maximum Gasteiger partial charge on any atom is 0.407 e. The molecule has 2 rings (SSSR count). The lowest BCUT2D eigenvalue weighted by molar-refractivity contribution is 0.140. The molecule has 14 heavy (non-hydrogen) atoms. The number of alkyl carbamates (subject to hydrolysis) is 1. The Hall–Kier alpha value is -1.03. The maximum absolute atomic E-state index is 10.8. The third-order valence-corrected chi connectivity index (χ3v) is 2.59. The number of halogens is 1. The van der Waals surface area contributed by atoms with Crippen LogP contribution in [-0.4, -0.2) is 18.7 Å². The Morgan fingerprint density at radius 2 is 2.43 bits per heavy atom. The van der Waals surface area contributed by atoms with E-state index in [0.717, 1.165) is 10.9 Å². The van der Waals surface area contributed by atoms with Crippen molar-refractivity contribution >= 4 is 22.0 Å². The molecule has 1 aliphatic heterocycles. The Morgan fingerprint density at radius 3 is 3.07 bits per heavy atom. The number of carbonyl (C=O) groups excluding carboxylic acids is 1. The zero-order chi connectivity index (χ0) is 9.97. The molecule has 1 atom stereocenters. The molecule has 74 valence electrons. The number of amides is 1. The molecule has 4 heteroatoms. The van der Waals surface area contributed by atoms with Crippen LogP contribution in [0.5, 0.6) is 0 Å². The van der Waals surface area contributed by atoms with Crippen molar-refractivity contribution in [3.63, 3.8) is 0 Å². The van der Waals surface area contributed by atoms with Gasteiger partial charge in [-0.05, 0) is 17.7 Å². The number of cyclic esters (lactones) is 1. The second-order valence-electron chi connectivity index (χ2n) is 3.24. The summed E-state index contributed by atoms with van der Waals surface area (Å²) < 4.78 is 6.09. The highest BCUT2D eigenvalue weighted by atomic mass is 79.9. The number of benzene rings is 1. The Bertz CT molecular complexity index is 354. The van der Waals surface area contributed by atoms with E-state index in [0.29, 0.717) is 6.54 Å². The summed E-state index contributed by atoms with van der Waals surface area (Å²) in [4.78, 5) is 10.8. The van der Waals surface area contributed by atoms with Crippen molar-refractivity contribution in [1.29, 1.82) is 0 Å². The summed E-state index contributed by atoms with van der Waals surface area (Å²) in [6.45, 7) is 0.603. The fraction of sp³-hybridized carbons (Fsp3) is 0.300. The zero-order valence-electron chi connectivity index (χ0n) is 7.50. The smallest absolute Gasteiger partial charge is 0.407 e. The largest absolute Gasteiger partial charge is 0.444 e. The average molecular weight is 256 g/mol. The van der Waals surface area contributed by atoms with Gasteiger partial charge in [-0.1, -0.05) is 28.1 Å². The van der Waals surface area contributed by atoms with Crippen molar-refractivity contribution in [1.82, 2.24) is 5.32 Å². The van der Waals surface area contributed by atoms with Gasteiger partial charge in [-0.3, -0.25) is 0 Å². The maximum atomic E-state index is 10.8. The number of ether oxygens (including phenoxy) is 1. The monoisotopic (exact) mass is 255 g/mol. The first-order valence-electron chi connectivity index (χ1n) is 4.43. The number of carbonyl (C=O) groups is 1. The molecule has 0 aliphatic carbocycles. The highest BCUT2D eigenvalue weighted by Gasteiger charge is 2.22. The zero-order valence-corrected chi connectivity index (χ0v) is 9.08. The third kappa shape index (κ3) is 2.26. The van der Waals surface area contributed by atoms with E-state index in [1.807, 2.05) is 24.3 Å². The van der Waals surface area contributed by atoms with E-state index in [9.17, 15) is 4.79 Å². The van der Waals surface area contributed by atoms with Crippen molar-refractivity contribution in [2.45, 2.75) is 12.5 Å². The first-order chi connectivity index (χ1) is 6.74. The van der Waals surface area contributed by atoms with Crippen LogP contribution in [0.1, 0.15) is 5.56 Å². The number of rotatable bonds is 2. The van der Waals surface area contributed by atoms with Gasteiger partial charge in [0, 0.05) is 10.9 Å². The molecule has 3 nitrogen and oxygen atoms in total. The van der Waals surface area contributed by atoms with Gasteiger partial charge in [0.25, 0.3) is 0 Å². The SMILES string of the molecule is O=C1NCC(Cc2cccc(Br)c2)O1. The summed E-state index contributed by atoms with van der Waals surface area (Å²) in [5.74, 6) is 0. The van der Waals surface area contributed by atoms with E-state index in [1.54, 1.807) is 0 Å². The third-order valence-electron chi connectivity index (χ3n) is 2.10. The summed E-state index contributed by atoms with van der Waals surface area (Å²) in [5.41, 5.74) is 1.17. The molecule has 0 bridgehead atoms. The second-order valence-corrected chi connectivity index (χ2v) is 4.16. The Morgan fingerprint density at radius 1 is 1.57 bits per heavy atom. The lowest BCUT2D eigenvalue weighted by Gasteiger charge is -2.07. The molecule has 0 aromatic heterocycles. The van der Waals surface area contributed by atoms with Crippen molar-refractivity contribution in [2.24, 2.45) is 0 Å². The molecule has 1 fully saturated rings. The molecular weight excluding hydrogens is 246 g/mol. The van der Waals surface area contributed by atoms with E-state index >= 15 is 0 Å². The lowest BCUT2D eigenvalue weighted by Crippen LogP contribution is -2.16. The van der Waals surface area contributed by atoms with Gasteiger partial charge in [-0.2, -0.15) is 0 Å². The van der Waals surface area contributed by atoms with Crippen LogP contribution in [0.2, 0.25) is 0 Å². The van der Waals surface area contributed by atoms with Crippen LogP contribution in [0.3, 0.4) is 0 Å². The summed E-state index contributed by atoms with van der Waals surface area (Å²) in [6.07, 6.45) is 0.417. The minimum Gasteiger partial charge on any atom is -0.444 e. The number of hydrogen-bond acceptors (Lipinski definition) is 2. The summed E-state index contributed by atoms with van der Waals surface area (Å²) in [6, 6.07) is 8.01. The predicted molar refractivity (Wildman–Crippen MR) is 56.1 cm³/mol. The summed E-state index contributed by atoms with van der Waals surface area (Å²) in [5, 5.41) is 2.63. The Labute approximate surface area is 90.6 Å². The van der Waals surface area contributed by atoms with Gasteiger partial charge in [0.2, 0.25) is 0 Å². The van der Waals surface area contributed by atoms with Gasteiger partial charge in [0.1, 0.15) is 6.10 Å². The standard InChI is InChI=1S/C10H10BrNO2/c11-8-3-1-2-7(4-8)5-9-6-12-10(13)14-9/h1-4,9H,5-6H2,(H,12,13). The highest BCUT2D eigenvalue weighted by Crippen LogP contribution is 2.15. The molecule has 1 heterocycles. The van der Waals surface area contributed by atoms with Crippen molar-refractivity contribution in [2.75, 3.05) is 6.54 Å². The van der Waals surface area contributed by atoms with Gasteiger partial charge in [0.15, 0.2) is 0 Å². The fourth-order valence-corrected chi connectivity index (χ4v) is 1.92. The van der Waals surface area contributed by atoms with Gasteiger partial charge < -0.3 is 10.1 Å². The first kappa shape index (κ1) is 9.52. The van der Waals surface area contributed by atoms with Crippen LogP contribution in [0.25, 0.3) is 0 Å². The lowest BCUT2D eigenvalue weighted by atomic mass is 10.1. The van der Waals surface area contributed by atoms with Crippen LogP contribution in [-0.2, 0) is 11.2 Å². The molecule has 1 aromatic carbocycles. The van der Waals surface area contributed by atoms with Crippen molar-refractivity contribution in [3.8, 4) is 0 Å². The highest BCUT2D eigenvalue weighted by molar-refractivity contribution is 9.10. The van der Waals surface area contributed by atoms with E-state index < -0.39 is 0 Å². The molecule has 1 amide bonds. The Balaban J connectivity index is 2.00. The van der Waals surface area contributed by atoms with Gasteiger partial charge in [-0.25, -0.2) is 4.79 Å². The van der Waals surface area contributed by atoms with Gasteiger partial charge in [0.05, 0.1) is 6.54 Å². The molecule has 0 radical (unpaired) electrons.